The summed E-state index contributed by atoms with van der Waals surface area (Å²) in [6.45, 7) is 0. The summed E-state index contributed by atoms with van der Waals surface area (Å²) < 4.78 is 0. The number of carbonyl (C=O) groups excluding carboxylic acids is 4. The number of rotatable bonds is 5. The van der Waals surface area contributed by atoms with Crippen LogP contribution in [0.3, 0.4) is 0 Å². The van der Waals surface area contributed by atoms with Crippen molar-refractivity contribution in [3.63, 3.8) is 0 Å². The van der Waals surface area contributed by atoms with Gasteiger partial charge in [0, 0.05) is 38.3 Å². The van der Waals surface area contributed by atoms with Gasteiger partial charge < -0.3 is 30.2 Å². The molecule has 1 unspecified atom stereocenters. The lowest BCUT2D eigenvalue weighted by molar-refractivity contribution is -0.159. The smallest absolute Gasteiger partial charge is 0.248 e. The summed E-state index contributed by atoms with van der Waals surface area (Å²) in [5.41, 5.74) is 4.07. The zero-order chi connectivity index (χ0) is 35.5. The first kappa shape index (κ1) is 31.1. The number of hydrogen-bond donors (Lipinski definition) is 2. The summed E-state index contributed by atoms with van der Waals surface area (Å²) in [4.78, 5) is 65.9. The van der Waals surface area contributed by atoms with Gasteiger partial charge in [-0.15, -0.1) is 0 Å². The third-order valence-corrected chi connectivity index (χ3v) is 13.2. The molecule has 0 bridgehead atoms. The first-order valence-corrected chi connectivity index (χ1v) is 18.2. The summed E-state index contributed by atoms with van der Waals surface area (Å²) >= 11 is 0. The first-order valence-electron chi connectivity index (χ1n) is 18.2. The Morgan fingerprint density at radius 1 is 0.519 bits per heavy atom. The molecule has 4 aromatic carbocycles. The van der Waals surface area contributed by atoms with Crippen molar-refractivity contribution < 1.29 is 19.2 Å². The number of para-hydroxylation sites is 2. The van der Waals surface area contributed by atoms with E-state index in [4.69, 9.17) is 0 Å². The standard InChI is InChI=1S/C42H40N6O4/c1-45-31(21-25-13-5-3-6-14-25)37(51)47-33(35(45)49)23-41(27-17-9-11-19-29(27)43-39(41)47)42-24-34-36(50)46(2)32(22-26-15-7-4-8-16-26)38(52)48(34)40(42)44-30-20-12-10-18-28(30)42/h3-20,31-34,39-40,43-44H,21-24H2,1-2H3/t31-,32+,33-,34+,39-,40?,41+,42+/m0/s1. The van der Waals surface area contributed by atoms with E-state index in [-0.39, 0.29) is 23.6 Å². The fourth-order valence-corrected chi connectivity index (χ4v) is 10.9. The zero-order valence-corrected chi connectivity index (χ0v) is 29.1. The molecule has 4 aromatic rings. The third-order valence-electron chi connectivity index (χ3n) is 13.2. The maximum Gasteiger partial charge on any atom is 0.248 e. The maximum absolute atomic E-state index is 14.9. The van der Waals surface area contributed by atoms with Crippen molar-refractivity contribution >= 4 is 35.0 Å². The zero-order valence-electron chi connectivity index (χ0n) is 29.1. The number of benzene rings is 4. The van der Waals surface area contributed by atoms with E-state index in [9.17, 15) is 19.2 Å². The number of nitrogens with one attached hydrogen (secondary N) is 2. The number of carbonyl (C=O) groups is 4. The Morgan fingerprint density at radius 2 is 0.885 bits per heavy atom. The second kappa shape index (κ2) is 10.9. The highest BCUT2D eigenvalue weighted by atomic mass is 16.2. The third kappa shape index (κ3) is 3.84. The molecule has 4 fully saturated rings. The van der Waals surface area contributed by atoms with Crippen LogP contribution in [0, 0.1) is 0 Å². The Bertz CT molecular complexity index is 2010. The molecule has 0 spiro atoms. The average molecular weight is 693 g/mol. The molecule has 8 atom stereocenters. The summed E-state index contributed by atoms with van der Waals surface area (Å²) in [5, 5.41) is 7.53. The van der Waals surface area contributed by atoms with Crippen molar-refractivity contribution in [2.24, 2.45) is 0 Å². The summed E-state index contributed by atoms with van der Waals surface area (Å²) in [5.74, 6) is -0.376. The molecule has 2 N–H and O–H groups in total. The Kier molecular flexibility index (Phi) is 6.54. The van der Waals surface area contributed by atoms with Crippen molar-refractivity contribution in [3.8, 4) is 0 Å². The molecular formula is C42H40N6O4. The molecular weight excluding hydrogens is 652 g/mol. The number of nitrogens with zero attached hydrogens (tertiary/aromatic N) is 4. The SMILES string of the molecule is CN1C(=O)[C@H]2C[C@@]3([C@@]45C[C@H]6C(=O)N(C)[C@@H](Cc7ccccc7)C(=O)N6[C@@H]4Nc4ccccc45)c4ccccc4NC3N2C(=O)[C@H]1Cc1ccccc1. The summed E-state index contributed by atoms with van der Waals surface area (Å²) in [6, 6.07) is 33.2. The highest BCUT2D eigenvalue weighted by Crippen LogP contribution is 2.69. The molecule has 10 rings (SSSR count). The molecule has 10 nitrogen and oxygen atoms in total. The van der Waals surface area contributed by atoms with Crippen LogP contribution >= 0.6 is 0 Å². The minimum absolute atomic E-state index is 0.0914. The van der Waals surface area contributed by atoms with Crippen LogP contribution in [-0.4, -0.2) is 93.8 Å². The number of fused-ring (bicyclic) bond motifs is 11. The van der Waals surface area contributed by atoms with E-state index in [0.29, 0.717) is 25.7 Å². The molecule has 6 aliphatic rings. The molecule has 0 saturated carbocycles. The number of anilines is 2. The van der Waals surface area contributed by atoms with E-state index < -0.39 is 47.3 Å². The molecule has 52 heavy (non-hydrogen) atoms. The molecule has 4 amide bonds. The summed E-state index contributed by atoms with van der Waals surface area (Å²) in [6.07, 6.45) is 0.352. The lowest BCUT2D eigenvalue weighted by atomic mass is 9.54. The van der Waals surface area contributed by atoms with Crippen LogP contribution in [0.2, 0.25) is 0 Å². The minimum Gasteiger partial charge on any atom is -0.364 e. The van der Waals surface area contributed by atoms with Crippen molar-refractivity contribution in [1.29, 1.82) is 0 Å². The molecule has 4 saturated heterocycles. The van der Waals surface area contributed by atoms with Gasteiger partial charge in [-0.3, -0.25) is 19.2 Å². The molecule has 10 heteroatoms. The Hall–Kier alpha value is -5.64. The monoisotopic (exact) mass is 692 g/mol. The van der Waals surface area contributed by atoms with Gasteiger partial charge in [0.15, 0.2) is 0 Å². The van der Waals surface area contributed by atoms with Gasteiger partial charge >= 0.3 is 0 Å². The van der Waals surface area contributed by atoms with Gasteiger partial charge in [-0.25, -0.2) is 0 Å². The lowest BCUT2D eigenvalue weighted by Gasteiger charge is -2.48. The number of piperazine rings is 2. The van der Waals surface area contributed by atoms with Crippen LogP contribution in [0.5, 0.6) is 0 Å². The Labute approximate surface area is 302 Å². The van der Waals surface area contributed by atoms with Gasteiger partial charge in [-0.1, -0.05) is 97.1 Å². The van der Waals surface area contributed by atoms with E-state index in [1.54, 1.807) is 23.9 Å². The van der Waals surface area contributed by atoms with Gasteiger partial charge in [0.05, 0.1) is 10.8 Å². The molecule has 6 aliphatic heterocycles. The predicted molar refractivity (Wildman–Crippen MR) is 195 cm³/mol. The van der Waals surface area contributed by atoms with Gasteiger partial charge in [0.1, 0.15) is 36.5 Å². The van der Waals surface area contributed by atoms with Crippen LogP contribution in [0.25, 0.3) is 0 Å². The Morgan fingerprint density at radius 3 is 1.29 bits per heavy atom. The second-order valence-corrected chi connectivity index (χ2v) is 15.4. The van der Waals surface area contributed by atoms with Crippen molar-refractivity contribution in [3.05, 3.63) is 131 Å². The molecule has 0 aromatic heterocycles. The van der Waals surface area contributed by atoms with Gasteiger partial charge in [0.25, 0.3) is 0 Å². The topological polar surface area (TPSA) is 105 Å². The van der Waals surface area contributed by atoms with E-state index in [2.05, 4.69) is 22.8 Å². The normalized spacial score (nSPS) is 32.5. The Balaban J connectivity index is 1.14. The number of likely N-dealkylation sites (N-methyl/N-ethyl adjacent to an activating group) is 2. The van der Waals surface area contributed by atoms with Gasteiger partial charge in [-0.05, 0) is 47.2 Å². The van der Waals surface area contributed by atoms with E-state index in [0.717, 1.165) is 33.6 Å². The number of amides is 4. The van der Waals surface area contributed by atoms with Crippen molar-refractivity contribution in [2.75, 3.05) is 24.7 Å². The van der Waals surface area contributed by atoms with Crippen LogP contribution in [0.4, 0.5) is 11.4 Å². The van der Waals surface area contributed by atoms with Crippen molar-refractivity contribution in [2.45, 2.75) is 73.0 Å². The van der Waals surface area contributed by atoms with Crippen molar-refractivity contribution in [1.82, 2.24) is 19.6 Å². The largest absolute Gasteiger partial charge is 0.364 e. The molecule has 6 heterocycles. The quantitative estimate of drug-likeness (QED) is 0.331. The highest BCUT2D eigenvalue weighted by molar-refractivity contribution is 6.01. The first-order chi connectivity index (χ1) is 25.3. The van der Waals surface area contributed by atoms with E-state index in [1.165, 1.54) is 0 Å². The minimum atomic E-state index is -0.863. The average Bonchev–Trinajstić information content (AvgIpc) is 3.88. The van der Waals surface area contributed by atoms with E-state index in [1.807, 2.05) is 107 Å². The second-order valence-electron chi connectivity index (χ2n) is 15.4. The summed E-state index contributed by atoms with van der Waals surface area (Å²) in [7, 11) is 3.49. The fraction of sp³-hybridized carbons (Fsp3) is 0.333. The lowest BCUT2D eigenvalue weighted by Crippen LogP contribution is -2.67. The van der Waals surface area contributed by atoms with Crippen LogP contribution < -0.4 is 10.6 Å². The van der Waals surface area contributed by atoms with Crippen LogP contribution in [-0.2, 0) is 42.8 Å². The molecule has 262 valence electrons. The number of hydrogen-bond acceptors (Lipinski definition) is 6. The van der Waals surface area contributed by atoms with Crippen LogP contribution in [0.1, 0.15) is 35.1 Å². The fourth-order valence-electron chi connectivity index (χ4n) is 10.9. The molecule has 0 radical (unpaired) electrons. The van der Waals surface area contributed by atoms with Gasteiger partial charge in [0.2, 0.25) is 23.6 Å². The predicted octanol–water partition coefficient (Wildman–Crippen LogP) is 3.73. The van der Waals surface area contributed by atoms with Crippen LogP contribution in [0.15, 0.2) is 109 Å². The molecule has 0 aliphatic carbocycles. The highest BCUT2D eigenvalue weighted by Gasteiger charge is 2.78. The van der Waals surface area contributed by atoms with Gasteiger partial charge in [-0.2, -0.15) is 0 Å². The maximum atomic E-state index is 14.9. The van der Waals surface area contributed by atoms with E-state index >= 15 is 0 Å².